The number of benzene rings is 2. The molecule has 0 saturated heterocycles. The van der Waals surface area contributed by atoms with Crippen LogP contribution in [0, 0.1) is 10.5 Å². The molecule has 0 radical (unpaired) electrons. The van der Waals surface area contributed by atoms with E-state index in [1.54, 1.807) is 0 Å². The summed E-state index contributed by atoms with van der Waals surface area (Å²) in [5.74, 6) is 0.0941. The van der Waals surface area contributed by atoms with E-state index in [1.165, 1.54) is 0 Å². The van der Waals surface area contributed by atoms with Gasteiger partial charge in [0.15, 0.2) is 5.78 Å². The monoisotopic (exact) mass is 322 g/mol. The number of ketones is 1. The molecule has 2 aromatic rings. The molecular weight excluding hydrogens is 311 g/mol. The summed E-state index contributed by atoms with van der Waals surface area (Å²) in [6.07, 6.45) is 0. The molecule has 0 heterocycles. The minimum atomic E-state index is 0.0941. The maximum atomic E-state index is 12.2. The Morgan fingerprint density at radius 1 is 1.06 bits per heavy atom. The van der Waals surface area contributed by atoms with Crippen LogP contribution in [0.5, 0.6) is 0 Å². The molecule has 0 spiro atoms. The molecule has 0 atom stereocenters. The molecule has 2 rings (SSSR count). The zero-order chi connectivity index (χ0) is 11.5. The van der Waals surface area contributed by atoms with Gasteiger partial charge in [-0.2, -0.15) is 0 Å². The fourth-order valence-corrected chi connectivity index (χ4v) is 2.08. The SMILES string of the molecule is Cc1ccc(I)cc1C(=O)c1ccccc1. The minimum absolute atomic E-state index is 0.0941. The van der Waals surface area contributed by atoms with Crippen molar-refractivity contribution in [1.29, 1.82) is 0 Å². The number of carbonyl (C=O) groups excluding carboxylic acids is 1. The Bertz CT molecular complexity index is 518. The second-order valence-corrected chi connectivity index (χ2v) is 4.90. The highest BCUT2D eigenvalue weighted by Gasteiger charge is 2.11. The summed E-state index contributed by atoms with van der Waals surface area (Å²) in [5, 5.41) is 0. The van der Waals surface area contributed by atoms with E-state index in [2.05, 4.69) is 22.6 Å². The van der Waals surface area contributed by atoms with Gasteiger partial charge in [-0.1, -0.05) is 36.4 Å². The standard InChI is InChI=1S/C14H11IO/c1-10-7-8-12(15)9-13(10)14(16)11-5-3-2-4-6-11/h2-9H,1H3. The molecule has 0 saturated carbocycles. The molecule has 2 aromatic carbocycles. The van der Waals surface area contributed by atoms with Crippen LogP contribution in [0.25, 0.3) is 0 Å². The number of halogens is 1. The zero-order valence-electron chi connectivity index (χ0n) is 8.91. The fourth-order valence-electron chi connectivity index (χ4n) is 1.58. The lowest BCUT2D eigenvalue weighted by molar-refractivity contribution is 0.103. The summed E-state index contributed by atoms with van der Waals surface area (Å²) in [6.45, 7) is 1.96. The summed E-state index contributed by atoms with van der Waals surface area (Å²) < 4.78 is 1.09. The molecule has 0 aliphatic heterocycles. The van der Waals surface area contributed by atoms with Crippen molar-refractivity contribution in [2.45, 2.75) is 6.92 Å². The molecule has 0 N–H and O–H groups in total. The molecule has 0 aliphatic carbocycles. The van der Waals surface area contributed by atoms with Crippen LogP contribution in [0.15, 0.2) is 48.5 Å². The number of rotatable bonds is 2. The molecule has 0 unspecified atom stereocenters. The summed E-state index contributed by atoms with van der Waals surface area (Å²) >= 11 is 2.22. The number of aryl methyl sites for hydroxylation is 1. The predicted octanol–water partition coefficient (Wildman–Crippen LogP) is 3.83. The molecule has 0 aliphatic rings. The normalized spacial score (nSPS) is 10.1. The van der Waals surface area contributed by atoms with Gasteiger partial charge < -0.3 is 0 Å². The minimum Gasteiger partial charge on any atom is -0.289 e. The smallest absolute Gasteiger partial charge is 0.193 e. The van der Waals surface area contributed by atoms with Crippen molar-refractivity contribution in [3.63, 3.8) is 0 Å². The van der Waals surface area contributed by atoms with Crippen molar-refractivity contribution in [3.8, 4) is 0 Å². The van der Waals surface area contributed by atoms with Gasteiger partial charge in [-0.3, -0.25) is 4.79 Å². The topological polar surface area (TPSA) is 17.1 Å². The van der Waals surface area contributed by atoms with E-state index in [1.807, 2.05) is 55.5 Å². The average Bonchev–Trinajstić information content (AvgIpc) is 2.32. The first-order chi connectivity index (χ1) is 7.68. The van der Waals surface area contributed by atoms with E-state index in [9.17, 15) is 4.79 Å². The van der Waals surface area contributed by atoms with E-state index < -0.39 is 0 Å². The van der Waals surface area contributed by atoms with Gasteiger partial charge in [0.05, 0.1) is 0 Å². The summed E-state index contributed by atoms with van der Waals surface area (Å²) in [7, 11) is 0. The lowest BCUT2D eigenvalue weighted by Gasteiger charge is -2.05. The fraction of sp³-hybridized carbons (Fsp3) is 0.0714. The summed E-state index contributed by atoms with van der Waals surface area (Å²) in [5.41, 5.74) is 2.56. The Morgan fingerprint density at radius 3 is 2.44 bits per heavy atom. The van der Waals surface area contributed by atoms with Crippen molar-refractivity contribution < 1.29 is 4.79 Å². The second kappa shape index (κ2) is 4.78. The zero-order valence-corrected chi connectivity index (χ0v) is 11.1. The van der Waals surface area contributed by atoms with Gasteiger partial charge in [-0.15, -0.1) is 0 Å². The third-order valence-electron chi connectivity index (χ3n) is 2.48. The van der Waals surface area contributed by atoms with E-state index >= 15 is 0 Å². The van der Waals surface area contributed by atoms with Crippen molar-refractivity contribution in [1.82, 2.24) is 0 Å². The summed E-state index contributed by atoms with van der Waals surface area (Å²) in [6, 6.07) is 15.3. The van der Waals surface area contributed by atoms with Gasteiger partial charge in [-0.25, -0.2) is 0 Å². The van der Waals surface area contributed by atoms with Crippen LogP contribution in [0.1, 0.15) is 21.5 Å². The van der Waals surface area contributed by atoms with Crippen LogP contribution in [-0.4, -0.2) is 5.78 Å². The highest BCUT2D eigenvalue weighted by atomic mass is 127. The first-order valence-electron chi connectivity index (χ1n) is 5.04. The second-order valence-electron chi connectivity index (χ2n) is 3.65. The van der Waals surface area contributed by atoms with Crippen LogP contribution in [0.3, 0.4) is 0 Å². The maximum Gasteiger partial charge on any atom is 0.193 e. The quantitative estimate of drug-likeness (QED) is 0.607. The highest BCUT2D eigenvalue weighted by Crippen LogP contribution is 2.17. The van der Waals surface area contributed by atoms with Crippen molar-refractivity contribution in [2.75, 3.05) is 0 Å². The number of carbonyl (C=O) groups is 1. The maximum absolute atomic E-state index is 12.2. The van der Waals surface area contributed by atoms with Crippen molar-refractivity contribution >= 4 is 28.4 Å². The Labute approximate surface area is 109 Å². The largest absolute Gasteiger partial charge is 0.289 e. The molecule has 16 heavy (non-hydrogen) atoms. The molecular formula is C14H11IO. The Morgan fingerprint density at radius 2 is 1.75 bits per heavy atom. The van der Waals surface area contributed by atoms with Gasteiger partial charge in [-0.05, 0) is 47.2 Å². The van der Waals surface area contributed by atoms with Gasteiger partial charge in [0.2, 0.25) is 0 Å². The van der Waals surface area contributed by atoms with Crippen molar-refractivity contribution in [2.24, 2.45) is 0 Å². The number of hydrogen-bond donors (Lipinski definition) is 0. The average molecular weight is 322 g/mol. The van der Waals surface area contributed by atoms with Crippen LogP contribution >= 0.6 is 22.6 Å². The molecule has 0 bridgehead atoms. The Kier molecular flexibility index (Phi) is 3.39. The Balaban J connectivity index is 2.46. The lowest BCUT2D eigenvalue weighted by atomic mass is 9.99. The summed E-state index contributed by atoms with van der Waals surface area (Å²) in [4.78, 5) is 12.2. The van der Waals surface area contributed by atoms with Crippen LogP contribution in [0.2, 0.25) is 0 Å². The molecule has 0 aromatic heterocycles. The van der Waals surface area contributed by atoms with Gasteiger partial charge in [0.25, 0.3) is 0 Å². The van der Waals surface area contributed by atoms with Gasteiger partial charge in [0, 0.05) is 14.7 Å². The highest BCUT2D eigenvalue weighted by molar-refractivity contribution is 14.1. The van der Waals surface area contributed by atoms with Gasteiger partial charge >= 0.3 is 0 Å². The van der Waals surface area contributed by atoms with Crippen LogP contribution < -0.4 is 0 Å². The third kappa shape index (κ3) is 2.32. The number of hydrogen-bond acceptors (Lipinski definition) is 1. The van der Waals surface area contributed by atoms with E-state index in [-0.39, 0.29) is 5.78 Å². The lowest BCUT2D eigenvalue weighted by Crippen LogP contribution is -2.03. The van der Waals surface area contributed by atoms with Crippen LogP contribution in [0.4, 0.5) is 0 Å². The van der Waals surface area contributed by atoms with Crippen molar-refractivity contribution in [3.05, 3.63) is 68.8 Å². The van der Waals surface area contributed by atoms with E-state index in [0.29, 0.717) is 0 Å². The van der Waals surface area contributed by atoms with Gasteiger partial charge in [0.1, 0.15) is 0 Å². The van der Waals surface area contributed by atoms with E-state index in [4.69, 9.17) is 0 Å². The molecule has 0 amide bonds. The first kappa shape index (κ1) is 11.3. The third-order valence-corrected chi connectivity index (χ3v) is 3.15. The van der Waals surface area contributed by atoms with E-state index in [0.717, 1.165) is 20.3 Å². The molecule has 0 fully saturated rings. The molecule has 2 heteroatoms. The molecule has 1 nitrogen and oxygen atoms in total. The predicted molar refractivity (Wildman–Crippen MR) is 73.8 cm³/mol. The first-order valence-corrected chi connectivity index (χ1v) is 6.12. The Hall–Kier alpha value is -1.16. The molecule has 80 valence electrons. The van der Waals surface area contributed by atoms with Crippen LogP contribution in [-0.2, 0) is 0 Å².